The van der Waals surface area contributed by atoms with Crippen molar-refractivity contribution in [2.45, 2.75) is 0 Å². The molecule has 0 bridgehead atoms. The fraction of sp³-hybridized carbons (Fsp3) is 0.333. The molecule has 66 valence electrons. The third kappa shape index (κ3) is 2.85. The minimum Gasteiger partial charge on any atom is -0.364 e. The molecule has 2 amide bonds. The van der Waals surface area contributed by atoms with Crippen LogP contribution in [0.4, 0.5) is 9.93 Å². The lowest BCUT2D eigenvalue weighted by Crippen LogP contribution is -2.30. The number of hydrogen-bond acceptors (Lipinski definition) is 4. The maximum atomic E-state index is 10.9. The topological polar surface area (TPSA) is 63.2 Å². The molecule has 1 rings (SSSR count). The molecule has 0 saturated carbocycles. The van der Waals surface area contributed by atoms with Gasteiger partial charge in [-0.1, -0.05) is 0 Å². The summed E-state index contributed by atoms with van der Waals surface area (Å²) in [6, 6.07) is -0.313. The van der Waals surface area contributed by atoms with Gasteiger partial charge in [0.2, 0.25) is 0 Å². The molecule has 0 fully saturated rings. The number of aromatic nitrogens is 1. The van der Waals surface area contributed by atoms with Gasteiger partial charge < -0.3 is 10.1 Å². The van der Waals surface area contributed by atoms with Crippen LogP contribution < -0.4 is 10.6 Å². The van der Waals surface area contributed by atoms with Gasteiger partial charge >= 0.3 is 6.03 Å². The molecule has 0 spiro atoms. The summed E-state index contributed by atoms with van der Waals surface area (Å²) in [4.78, 5) is 14.8. The van der Waals surface area contributed by atoms with E-state index in [2.05, 4.69) is 20.4 Å². The van der Waals surface area contributed by atoms with Gasteiger partial charge in [-0.3, -0.25) is 5.32 Å². The minimum atomic E-state index is -0.313. The van der Waals surface area contributed by atoms with Crippen molar-refractivity contribution in [2.24, 2.45) is 0 Å². The molecule has 0 aromatic carbocycles. The molecule has 12 heavy (non-hydrogen) atoms. The number of urea groups is 1. The number of carbonyl (C=O) groups is 1. The Morgan fingerprint density at radius 2 is 2.67 bits per heavy atom. The van der Waals surface area contributed by atoms with Crippen molar-refractivity contribution in [3.63, 3.8) is 0 Å². The molecule has 0 saturated heterocycles. The Labute approximate surface area is 73.8 Å². The van der Waals surface area contributed by atoms with Crippen molar-refractivity contribution >= 4 is 22.5 Å². The van der Waals surface area contributed by atoms with Crippen LogP contribution >= 0.6 is 11.3 Å². The Hall–Kier alpha value is -1.14. The summed E-state index contributed by atoms with van der Waals surface area (Å²) < 4.78 is 4.64. The summed E-state index contributed by atoms with van der Waals surface area (Å²) >= 11 is 1.36. The highest BCUT2D eigenvalue weighted by molar-refractivity contribution is 7.13. The number of methoxy groups -OCH3 is 1. The molecule has 0 aliphatic rings. The molecule has 0 radical (unpaired) electrons. The van der Waals surface area contributed by atoms with Crippen LogP contribution in [0.3, 0.4) is 0 Å². The highest BCUT2D eigenvalue weighted by Gasteiger charge is 2.00. The second kappa shape index (κ2) is 4.68. The Morgan fingerprint density at radius 3 is 3.25 bits per heavy atom. The first-order valence-corrected chi connectivity index (χ1v) is 4.14. The third-order valence-electron chi connectivity index (χ3n) is 1.03. The molecule has 0 aliphatic carbocycles. The number of amides is 2. The van der Waals surface area contributed by atoms with E-state index in [1.54, 1.807) is 11.6 Å². The average Bonchev–Trinajstić information content (AvgIpc) is 2.53. The zero-order valence-electron chi connectivity index (χ0n) is 6.53. The smallest absolute Gasteiger partial charge is 0.322 e. The molecule has 5 nitrogen and oxygen atoms in total. The first-order valence-electron chi connectivity index (χ1n) is 3.26. The Kier molecular flexibility index (Phi) is 3.49. The zero-order valence-corrected chi connectivity index (χ0v) is 7.35. The normalized spacial score (nSPS) is 9.42. The highest BCUT2D eigenvalue weighted by atomic mass is 32.1. The Morgan fingerprint density at radius 1 is 1.83 bits per heavy atom. The molecule has 1 heterocycles. The maximum Gasteiger partial charge on any atom is 0.322 e. The van der Waals surface area contributed by atoms with Gasteiger partial charge in [-0.05, 0) is 0 Å². The molecule has 1 aromatic rings. The lowest BCUT2D eigenvalue weighted by molar-refractivity contribution is 0.177. The second-order valence-corrected chi connectivity index (χ2v) is 2.80. The standard InChI is InChI=1S/C6H9N3O2S/c1-11-4-8-5(10)9-6-7-2-3-12-6/h2-3H,4H2,1H3,(H2,7,8,9,10). The number of thiazole rings is 1. The fourth-order valence-electron chi connectivity index (χ4n) is 0.564. The van der Waals surface area contributed by atoms with Crippen molar-refractivity contribution in [3.8, 4) is 0 Å². The monoisotopic (exact) mass is 187 g/mol. The van der Waals surface area contributed by atoms with Gasteiger partial charge in [-0.15, -0.1) is 11.3 Å². The van der Waals surface area contributed by atoms with Gasteiger partial charge in [-0.25, -0.2) is 9.78 Å². The summed E-state index contributed by atoms with van der Waals surface area (Å²) in [5.41, 5.74) is 0. The summed E-state index contributed by atoms with van der Waals surface area (Å²) in [7, 11) is 1.50. The molecule has 0 aliphatic heterocycles. The van der Waals surface area contributed by atoms with E-state index in [0.29, 0.717) is 5.13 Å². The van der Waals surface area contributed by atoms with Crippen LogP contribution in [0.15, 0.2) is 11.6 Å². The van der Waals surface area contributed by atoms with Crippen molar-refractivity contribution in [1.82, 2.24) is 10.3 Å². The number of anilines is 1. The molecule has 2 N–H and O–H groups in total. The molecule has 0 unspecified atom stereocenters. The van der Waals surface area contributed by atoms with Gasteiger partial charge in [0.1, 0.15) is 6.73 Å². The van der Waals surface area contributed by atoms with Crippen LogP contribution in [0.1, 0.15) is 0 Å². The van der Waals surface area contributed by atoms with E-state index < -0.39 is 0 Å². The van der Waals surface area contributed by atoms with E-state index >= 15 is 0 Å². The predicted molar refractivity (Wildman–Crippen MR) is 46.1 cm³/mol. The molecular formula is C6H9N3O2S. The maximum absolute atomic E-state index is 10.9. The van der Waals surface area contributed by atoms with Gasteiger partial charge in [0.25, 0.3) is 0 Å². The summed E-state index contributed by atoms with van der Waals surface area (Å²) in [6.07, 6.45) is 1.62. The third-order valence-corrected chi connectivity index (χ3v) is 1.72. The lowest BCUT2D eigenvalue weighted by Gasteiger charge is -2.02. The van der Waals surface area contributed by atoms with Gasteiger partial charge in [-0.2, -0.15) is 0 Å². The van der Waals surface area contributed by atoms with Gasteiger partial charge in [0.05, 0.1) is 0 Å². The Bertz CT molecular complexity index is 237. The molecule has 1 aromatic heterocycles. The molecule has 6 heteroatoms. The number of nitrogens with one attached hydrogen (secondary N) is 2. The number of carbonyl (C=O) groups excluding carboxylic acids is 1. The number of ether oxygens (including phenoxy) is 1. The van der Waals surface area contributed by atoms with Crippen LogP contribution in [0.2, 0.25) is 0 Å². The predicted octanol–water partition coefficient (Wildman–Crippen LogP) is 0.868. The van der Waals surface area contributed by atoms with Crippen LogP contribution in [-0.2, 0) is 4.74 Å². The van der Waals surface area contributed by atoms with E-state index in [1.807, 2.05) is 0 Å². The fourth-order valence-corrected chi connectivity index (χ4v) is 1.09. The van der Waals surface area contributed by atoms with Crippen LogP contribution in [-0.4, -0.2) is 24.9 Å². The van der Waals surface area contributed by atoms with E-state index in [9.17, 15) is 4.79 Å². The molecule has 0 atom stereocenters. The number of nitrogens with zero attached hydrogens (tertiary/aromatic N) is 1. The first-order chi connectivity index (χ1) is 5.83. The summed E-state index contributed by atoms with van der Waals surface area (Å²) in [6.45, 7) is 0.192. The van der Waals surface area contributed by atoms with Crippen molar-refractivity contribution in [2.75, 3.05) is 19.2 Å². The van der Waals surface area contributed by atoms with E-state index in [1.165, 1.54) is 18.4 Å². The zero-order chi connectivity index (χ0) is 8.81. The van der Waals surface area contributed by atoms with Crippen LogP contribution in [0.5, 0.6) is 0 Å². The van der Waals surface area contributed by atoms with Gasteiger partial charge in [0.15, 0.2) is 5.13 Å². The van der Waals surface area contributed by atoms with E-state index in [0.717, 1.165) is 0 Å². The Balaban J connectivity index is 2.27. The first kappa shape index (κ1) is 8.95. The van der Waals surface area contributed by atoms with Crippen molar-refractivity contribution < 1.29 is 9.53 Å². The van der Waals surface area contributed by atoms with Crippen molar-refractivity contribution in [1.29, 1.82) is 0 Å². The summed E-state index contributed by atoms with van der Waals surface area (Å²) in [5.74, 6) is 0. The van der Waals surface area contributed by atoms with Gasteiger partial charge in [0, 0.05) is 18.7 Å². The highest BCUT2D eigenvalue weighted by Crippen LogP contribution is 2.09. The SMILES string of the molecule is COCNC(=O)Nc1nccs1. The molecular weight excluding hydrogens is 178 g/mol. The summed E-state index contributed by atoms with van der Waals surface area (Å²) in [5, 5.41) is 7.36. The number of hydrogen-bond donors (Lipinski definition) is 2. The second-order valence-electron chi connectivity index (χ2n) is 1.90. The van der Waals surface area contributed by atoms with E-state index in [-0.39, 0.29) is 12.8 Å². The van der Waals surface area contributed by atoms with Crippen LogP contribution in [0.25, 0.3) is 0 Å². The lowest BCUT2D eigenvalue weighted by atomic mass is 10.9. The quantitative estimate of drug-likeness (QED) is 0.690. The minimum absolute atomic E-state index is 0.192. The van der Waals surface area contributed by atoms with Crippen LogP contribution in [0, 0.1) is 0 Å². The van der Waals surface area contributed by atoms with E-state index in [4.69, 9.17) is 0 Å². The van der Waals surface area contributed by atoms with Crippen molar-refractivity contribution in [3.05, 3.63) is 11.6 Å². The largest absolute Gasteiger partial charge is 0.364 e. The number of rotatable bonds is 3. The average molecular weight is 187 g/mol.